The summed E-state index contributed by atoms with van der Waals surface area (Å²) in [4.78, 5) is 0. The zero-order valence-corrected chi connectivity index (χ0v) is 12.1. The van der Waals surface area contributed by atoms with Crippen molar-refractivity contribution in [1.82, 2.24) is 0 Å². The Morgan fingerprint density at radius 1 is 0.857 bits per heavy atom. The predicted octanol–water partition coefficient (Wildman–Crippen LogP) is 4.39. The number of aromatic nitrogens is 1. The van der Waals surface area contributed by atoms with Crippen molar-refractivity contribution in [3.05, 3.63) is 66.4 Å². The van der Waals surface area contributed by atoms with E-state index in [-0.39, 0.29) is 0 Å². The maximum Gasteiger partial charge on any atom is 0.212 e. The van der Waals surface area contributed by atoms with E-state index in [0.717, 1.165) is 11.2 Å². The van der Waals surface area contributed by atoms with E-state index >= 15 is 0 Å². The molecule has 4 aromatic rings. The monoisotopic (exact) mass is 274 g/mol. The van der Waals surface area contributed by atoms with Crippen molar-refractivity contribution in [2.45, 2.75) is 6.92 Å². The summed E-state index contributed by atoms with van der Waals surface area (Å²) >= 11 is 0. The fourth-order valence-corrected chi connectivity index (χ4v) is 3.07. The van der Waals surface area contributed by atoms with Crippen LogP contribution in [-0.2, 0) is 7.05 Å². The molecule has 0 saturated heterocycles. The average molecular weight is 274 g/mol. The van der Waals surface area contributed by atoms with Crippen LogP contribution in [0.1, 0.15) is 5.56 Å². The lowest BCUT2D eigenvalue weighted by atomic mass is 9.99. The minimum Gasteiger partial charge on any atom is -0.456 e. The summed E-state index contributed by atoms with van der Waals surface area (Å²) in [6, 6.07) is 18.7. The molecular weight excluding hydrogens is 258 g/mol. The molecule has 0 saturated carbocycles. The molecule has 0 spiro atoms. The van der Waals surface area contributed by atoms with Gasteiger partial charge in [0.15, 0.2) is 6.20 Å². The maximum atomic E-state index is 5.95. The average Bonchev–Trinajstić information content (AvgIpc) is 2.88. The van der Waals surface area contributed by atoms with Gasteiger partial charge in [-0.2, -0.15) is 0 Å². The van der Waals surface area contributed by atoms with Gasteiger partial charge in [0.2, 0.25) is 5.69 Å². The van der Waals surface area contributed by atoms with Crippen molar-refractivity contribution < 1.29 is 8.98 Å². The summed E-state index contributed by atoms with van der Waals surface area (Å²) in [6.07, 6.45) is 2.08. The molecule has 2 aromatic heterocycles. The molecule has 0 N–H and O–H groups in total. The van der Waals surface area contributed by atoms with Crippen LogP contribution in [0, 0.1) is 6.92 Å². The first-order valence-corrected chi connectivity index (χ1v) is 7.11. The third-order valence-electron chi connectivity index (χ3n) is 4.13. The van der Waals surface area contributed by atoms with E-state index in [2.05, 4.69) is 61.1 Å². The van der Waals surface area contributed by atoms with Crippen molar-refractivity contribution >= 4 is 21.9 Å². The normalized spacial score (nSPS) is 11.3. The SMILES string of the molecule is Cc1c(-c2cccc[n+]2C)ccc2oc3ccccc3c12. The molecule has 21 heavy (non-hydrogen) atoms. The van der Waals surface area contributed by atoms with Gasteiger partial charge in [0.25, 0.3) is 0 Å². The number of furan rings is 1. The van der Waals surface area contributed by atoms with Gasteiger partial charge >= 0.3 is 0 Å². The highest BCUT2D eigenvalue weighted by atomic mass is 16.3. The van der Waals surface area contributed by atoms with E-state index in [1.807, 2.05) is 18.2 Å². The minimum absolute atomic E-state index is 0.949. The number of rotatable bonds is 1. The second-order valence-electron chi connectivity index (χ2n) is 5.41. The molecule has 2 aromatic carbocycles. The molecule has 102 valence electrons. The van der Waals surface area contributed by atoms with Crippen molar-refractivity contribution in [2.24, 2.45) is 7.05 Å². The molecule has 0 unspecified atom stereocenters. The van der Waals surface area contributed by atoms with Crippen molar-refractivity contribution in [2.75, 3.05) is 0 Å². The number of hydrogen-bond acceptors (Lipinski definition) is 1. The number of para-hydroxylation sites is 1. The summed E-state index contributed by atoms with van der Waals surface area (Å²) in [7, 11) is 2.08. The largest absolute Gasteiger partial charge is 0.456 e. The number of fused-ring (bicyclic) bond motifs is 3. The summed E-state index contributed by atoms with van der Waals surface area (Å²) in [5.74, 6) is 0. The number of nitrogens with zero attached hydrogens (tertiary/aromatic N) is 1. The molecule has 0 atom stereocenters. The lowest BCUT2D eigenvalue weighted by molar-refractivity contribution is -0.660. The third kappa shape index (κ3) is 1.76. The molecule has 0 aliphatic heterocycles. The Balaban J connectivity index is 2.11. The number of aryl methyl sites for hydroxylation is 2. The summed E-state index contributed by atoms with van der Waals surface area (Å²) in [6.45, 7) is 2.17. The Labute approximate surface area is 123 Å². The van der Waals surface area contributed by atoms with E-state index in [0.29, 0.717) is 0 Å². The third-order valence-corrected chi connectivity index (χ3v) is 4.13. The molecule has 2 nitrogen and oxygen atoms in total. The Hall–Kier alpha value is -2.61. The first-order chi connectivity index (χ1) is 10.3. The zero-order valence-electron chi connectivity index (χ0n) is 12.1. The minimum atomic E-state index is 0.949. The van der Waals surface area contributed by atoms with Crippen LogP contribution < -0.4 is 4.57 Å². The fourth-order valence-electron chi connectivity index (χ4n) is 3.07. The predicted molar refractivity (Wildman–Crippen MR) is 85.1 cm³/mol. The topological polar surface area (TPSA) is 17.0 Å². The summed E-state index contributed by atoms with van der Waals surface area (Å²) < 4.78 is 8.10. The van der Waals surface area contributed by atoms with Gasteiger partial charge in [0.1, 0.15) is 18.2 Å². The van der Waals surface area contributed by atoms with E-state index < -0.39 is 0 Å². The highest BCUT2D eigenvalue weighted by Crippen LogP contribution is 2.35. The van der Waals surface area contributed by atoms with E-state index in [4.69, 9.17) is 4.42 Å². The zero-order chi connectivity index (χ0) is 14.4. The smallest absolute Gasteiger partial charge is 0.212 e. The van der Waals surface area contributed by atoms with Gasteiger partial charge in [-0.15, -0.1) is 0 Å². The summed E-state index contributed by atoms with van der Waals surface area (Å²) in [5, 5.41) is 2.40. The lowest BCUT2D eigenvalue weighted by Gasteiger charge is -2.05. The standard InChI is InChI=1S/C19H16NO/c1-13-14(16-8-5-6-12-20(16)2)10-11-18-19(13)15-7-3-4-9-17(15)21-18/h3-12H,1-2H3/q+1. The highest BCUT2D eigenvalue weighted by molar-refractivity contribution is 6.08. The molecule has 2 heteroatoms. The van der Waals surface area contributed by atoms with Crippen LogP contribution >= 0.6 is 0 Å². The fraction of sp³-hybridized carbons (Fsp3) is 0.105. The molecule has 0 aliphatic rings. The number of hydrogen-bond donors (Lipinski definition) is 0. The van der Waals surface area contributed by atoms with Crippen molar-refractivity contribution in [3.63, 3.8) is 0 Å². The van der Waals surface area contributed by atoms with Crippen LogP contribution in [0.3, 0.4) is 0 Å². The number of pyridine rings is 1. The van der Waals surface area contributed by atoms with Gasteiger partial charge in [0.05, 0.1) is 0 Å². The molecule has 0 bridgehead atoms. The van der Waals surface area contributed by atoms with E-state index in [1.54, 1.807) is 0 Å². The van der Waals surface area contributed by atoms with Crippen LogP contribution in [0.5, 0.6) is 0 Å². The quantitative estimate of drug-likeness (QED) is 0.471. The highest BCUT2D eigenvalue weighted by Gasteiger charge is 2.16. The lowest BCUT2D eigenvalue weighted by Crippen LogP contribution is -2.30. The Kier molecular flexibility index (Phi) is 2.58. The van der Waals surface area contributed by atoms with Crippen molar-refractivity contribution in [1.29, 1.82) is 0 Å². The first kappa shape index (κ1) is 12.2. The van der Waals surface area contributed by atoms with Crippen molar-refractivity contribution in [3.8, 4) is 11.3 Å². The summed E-state index contributed by atoms with van der Waals surface area (Å²) in [5.41, 5.74) is 5.62. The van der Waals surface area contributed by atoms with Crippen LogP contribution in [0.25, 0.3) is 33.2 Å². The number of benzene rings is 2. The van der Waals surface area contributed by atoms with Gasteiger partial charge in [-0.25, -0.2) is 4.57 Å². The Morgan fingerprint density at radius 3 is 2.52 bits per heavy atom. The van der Waals surface area contributed by atoms with Gasteiger partial charge in [-0.1, -0.05) is 18.2 Å². The molecule has 4 rings (SSSR count). The van der Waals surface area contributed by atoms with E-state index in [1.165, 1.54) is 27.6 Å². The second-order valence-corrected chi connectivity index (χ2v) is 5.41. The van der Waals surface area contributed by atoms with Gasteiger partial charge in [0, 0.05) is 28.5 Å². The van der Waals surface area contributed by atoms with Gasteiger partial charge < -0.3 is 4.42 Å². The molecule has 2 heterocycles. The Morgan fingerprint density at radius 2 is 1.67 bits per heavy atom. The van der Waals surface area contributed by atoms with Crippen LogP contribution in [0.2, 0.25) is 0 Å². The van der Waals surface area contributed by atoms with Crippen LogP contribution in [0.4, 0.5) is 0 Å². The first-order valence-electron chi connectivity index (χ1n) is 7.11. The second kappa shape index (κ2) is 4.45. The van der Waals surface area contributed by atoms with E-state index in [9.17, 15) is 0 Å². The molecule has 0 fully saturated rings. The van der Waals surface area contributed by atoms with Gasteiger partial charge in [-0.3, -0.25) is 0 Å². The van der Waals surface area contributed by atoms with Gasteiger partial charge in [-0.05, 0) is 36.8 Å². The molecular formula is C19H16NO+. The molecule has 0 aliphatic carbocycles. The molecule has 0 amide bonds. The van der Waals surface area contributed by atoms with Crippen LogP contribution in [-0.4, -0.2) is 0 Å². The maximum absolute atomic E-state index is 5.95. The Bertz CT molecular complexity index is 966. The molecule has 0 radical (unpaired) electrons. The van der Waals surface area contributed by atoms with Crippen LogP contribution in [0.15, 0.2) is 65.2 Å².